The van der Waals surface area contributed by atoms with E-state index in [2.05, 4.69) is 21.0 Å². The highest BCUT2D eigenvalue weighted by atomic mass is 32.1. The first-order chi connectivity index (χ1) is 14.5. The predicted octanol–water partition coefficient (Wildman–Crippen LogP) is 5.42. The zero-order chi connectivity index (χ0) is 20.8. The standard InChI is InChI=1S/C21H21N5OS3/c1-11-16(28-8-22-11)7-14-5-4-6-15-17(14)25-26(18(15)19-12(2)23-9-29-19)21(27)20-13(3)24-10-30-20/h7-10,15,18H,4-6H2,1-3H3/b14-7+. The van der Waals surface area contributed by atoms with E-state index in [-0.39, 0.29) is 17.9 Å². The van der Waals surface area contributed by atoms with Gasteiger partial charge < -0.3 is 0 Å². The van der Waals surface area contributed by atoms with Crippen molar-refractivity contribution in [3.05, 3.63) is 53.8 Å². The van der Waals surface area contributed by atoms with Gasteiger partial charge in [-0.3, -0.25) is 4.79 Å². The predicted molar refractivity (Wildman–Crippen MR) is 122 cm³/mol. The number of carbonyl (C=O) groups is 1. The molecule has 2 unspecified atom stereocenters. The number of nitrogens with zero attached hydrogens (tertiary/aromatic N) is 5. The molecular weight excluding hydrogens is 434 g/mol. The van der Waals surface area contributed by atoms with Crippen molar-refractivity contribution in [3.63, 3.8) is 0 Å². The van der Waals surface area contributed by atoms with E-state index in [4.69, 9.17) is 5.10 Å². The van der Waals surface area contributed by atoms with Gasteiger partial charge in [0.2, 0.25) is 0 Å². The summed E-state index contributed by atoms with van der Waals surface area (Å²) < 4.78 is 0. The fraction of sp³-hybridized carbons (Fsp3) is 0.381. The third-order valence-electron chi connectivity index (χ3n) is 5.79. The number of allylic oxidation sites excluding steroid dienone is 1. The van der Waals surface area contributed by atoms with Crippen LogP contribution in [0, 0.1) is 26.7 Å². The van der Waals surface area contributed by atoms with Gasteiger partial charge in [-0.05, 0) is 51.7 Å². The second kappa shape index (κ2) is 7.79. The molecule has 6 nitrogen and oxygen atoms in total. The number of aryl methyl sites for hydroxylation is 3. The maximum Gasteiger partial charge on any atom is 0.286 e. The Bertz CT molecular complexity index is 1170. The Hall–Kier alpha value is -2.23. The second-order valence-electron chi connectivity index (χ2n) is 7.62. The van der Waals surface area contributed by atoms with Crippen molar-refractivity contribution in [1.29, 1.82) is 0 Å². The van der Waals surface area contributed by atoms with Crippen molar-refractivity contribution in [3.8, 4) is 0 Å². The van der Waals surface area contributed by atoms with Crippen LogP contribution in [0.15, 0.2) is 27.2 Å². The van der Waals surface area contributed by atoms with Crippen molar-refractivity contribution in [1.82, 2.24) is 20.0 Å². The van der Waals surface area contributed by atoms with Gasteiger partial charge in [-0.15, -0.1) is 34.0 Å². The van der Waals surface area contributed by atoms with Gasteiger partial charge in [0.25, 0.3) is 5.91 Å². The SMILES string of the molecule is Cc1ncsc1/C=C1\CCCC2C1=NN(C(=O)c1scnc1C)C2c1scnc1C. The number of hydrogen-bond acceptors (Lipinski definition) is 8. The van der Waals surface area contributed by atoms with Crippen molar-refractivity contribution in [2.45, 2.75) is 46.1 Å². The molecule has 30 heavy (non-hydrogen) atoms. The van der Waals surface area contributed by atoms with Gasteiger partial charge in [0.15, 0.2) is 0 Å². The molecule has 5 rings (SSSR count). The number of hydrogen-bond donors (Lipinski definition) is 0. The molecule has 0 aromatic carbocycles. The van der Waals surface area contributed by atoms with Gasteiger partial charge in [0.1, 0.15) is 10.9 Å². The average molecular weight is 456 g/mol. The molecule has 3 aromatic rings. The highest BCUT2D eigenvalue weighted by Crippen LogP contribution is 2.47. The Balaban J connectivity index is 1.61. The lowest BCUT2D eigenvalue weighted by Crippen LogP contribution is -2.31. The van der Waals surface area contributed by atoms with E-state index in [9.17, 15) is 4.79 Å². The first-order valence-electron chi connectivity index (χ1n) is 9.87. The Morgan fingerprint density at radius 1 is 1.03 bits per heavy atom. The second-order valence-corrected chi connectivity index (χ2v) is 10.2. The summed E-state index contributed by atoms with van der Waals surface area (Å²) in [6.45, 7) is 5.93. The van der Waals surface area contributed by atoms with Crippen LogP contribution in [-0.4, -0.2) is 31.6 Å². The van der Waals surface area contributed by atoms with Gasteiger partial charge in [0, 0.05) is 5.92 Å². The normalized spacial score (nSPS) is 22.4. The molecule has 0 saturated heterocycles. The first kappa shape index (κ1) is 19.7. The van der Waals surface area contributed by atoms with Gasteiger partial charge >= 0.3 is 0 Å². The van der Waals surface area contributed by atoms with Crippen molar-refractivity contribution in [2.24, 2.45) is 11.0 Å². The third-order valence-corrected chi connectivity index (χ3v) is 8.58. The lowest BCUT2D eigenvalue weighted by molar-refractivity contribution is 0.0687. The number of carbonyl (C=O) groups excluding carboxylic acids is 1. The fourth-order valence-electron chi connectivity index (χ4n) is 4.24. The molecule has 2 atom stereocenters. The van der Waals surface area contributed by atoms with Crippen LogP contribution in [0.1, 0.15) is 61.8 Å². The van der Waals surface area contributed by atoms with Gasteiger partial charge in [-0.2, -0.15) is 5.10 Å². The molecule has 4 heterocycles. The number of fused-ring (bicyclic) bond motifs is 1. The summed E-state index contributed by atoms with van der Waals surface area (Å²) in [5.74, 6) is 0.123. The molecule has 0 spiro atoms. The summed E-state index contributed by atoms with van der Waals surface area (Å²) in [4.78, 5) is 29.6. The zero-order valence-electron chi connectivity index (χ0n) is 17.0. The Morgan fingerprint density at radius 2 is 1.77 bits per heavy atom. The van der Waals surface area contributed by atoms with Crippen molar-refractivity contribution in [2.75, 3.05) is 0 Å². The molecule has 3 aromatic heterocycles. The smallest absolute Gasteiger partial charge is 0.266 e. The Labute approximate surface area is 187 Å². The molecule has 1 amide bonds. The molecule has 9 heteroatoms. The minimum absolute atomic E-state index is 0.0666. The quantitative estimate of drug-likeness (QED) is 0.529. The van der Waals surface area contributed by atoms with E-state index < -0.39 is 0 Å². The molecule has 1 aliphatic carbocycles. The molecular formula is C21H21N5OS3. The van der Waals surface area contributed by atoms with E-state index in [0.29, 0.717) is 4.88 Å². The van der Waals surface area contributed by atoms with Gasteiger partial charge in [-0.25, -0.2) is 20.0 Å². The molecule has 2 aliphatic rings. The van der Waals surface area contributed by atoms with Crippen LogP contribution in [0.4, 0.5) is 0 Å². The van der Waals surface area contributed by atoms with E-state index >= 15 is 0 Å². The highest BCUT2D eigenvalue weighted by Gasteiger charge is 2.45. The number of aromatic nitrogens is 3. The first-order valence-corrected chi connectivity index (χ1v) is 12.5. The molecule has 1 aliphatic heterocycles. The summed E-state index contributed by atoms with van der Waals surface area (Å²) in [7, 11) is 0. The van der Waals surface area contributed by atoms with Crippen LogP contribution >= 0.6 is 34.0 Å². The van der Waals surface area contributed by atoms with Crippen LogP contribution in [0.5, 0.6) is 0 Å². The maximum absolute atomic E-state index is 13.5. The van der Waals surface area contributed by atoms with E-state index in [1.165, 1.54) is 21.8 Å². The number of amides is 1. The van der Waals surface area contributed by atoms with Crippen LogP contribution in [0.2, 0.25) is 0 Å². The average Bonchev–Trinajstić information content (AvgIpc) is 3.50. The largest absolute Gasteiger partial charge is 0.286 e. The highest BCUT2D eigenvalue weighted by molar-refractivity contribution is 7.12. The minimum Gasteiger partial charge on any atom is -0.266 e. The summed E-state index contributed by atoms with van der Waals surface area (Å²) in [5, 5.41) is 6.66. The fourth-order valence-corrected chi connectivity index (χ4v) is 6.68. The molecule has 1 saturated carbocycles. The summed E-state index contributed by atoms with van der Waals surface area (Å²) in [6.07, 6.45) is 5.30. The molecule has 0 N–H and O–H groups in total. The Morgan fingerprint density at radius 3 is 2.43 bits per heavy atom. The van der Waals surface area contributed by atoms with Gasteiger partial charge in [0.05, 0.1) is 49.1 Å². The van der Waals surface area contributed by atoms with E-state index in [1.54, 1.807) is 33.2 Å². The number of hydrazone groups is 1. The zero-order valence-corrected chi connectivity index (χ0v) is 19.4. The van der Waals surface area contributed by atoms with Crippen LogP contribution in [0.3, 0.4) is 0 Å². The Kier molecular flexibility index (Phi) is 5.12. The van der Waals surface area contributed by atoms with Crippen molar-refractivity contribution < 1.29 is 4.79 Å². The monoisotopic (exact) mass is 455 g/mol. The lowest BCUT2D eigenvalue weighted by atomic mass is 9.79. The van der Waals surface area contributed by atoms with Gasteiger partial charge in [-0.1, -0.05) is 0 Å². The molecule has 154 valence electrons. The summed E-state index contributed by atoms with van der Waals surface area (Å²) in [6, 6.07) is -0.104. The molecule has 0 bridgehead atoms. The van der Waals surface area contributed by atoms with E-state index in [1.807, 2.05) is 31.8 Å². The number of rotatable bonds is 3. The molecule has 1 fully saturated rings. The molecule has 0 radical (unpaired) electrons. The third kappa shape index (κ3) is 3.25. The minimum atomic E-state index is -0.104. The van der Waals surface area contributed by atoms with Crippen LogP contribution < -0.4 is 0 Å². The summed E-state index contributed by atoms with van der Waals surface area (Å²) >= 11 is 4.65. The van der Waals surface area contributed by atoms with Crippen LogP contribution in [-0.2, 0) is 0 Å². The van der Waals surface area contributed by atoms with E-state index in [0.717, 1.165) is 46.9 Å². The lowest BCUT2D eigenvalue weighted by Gasteiger charge is -2.28. The topological polar surface area (TPSA) is 71.3 Å². The maximum atomic E-state index is 13.5. The number of thiazole rings is 3. The van der Waals surface area contributed by atoms with Crippen LogP contribution in [0.25, 0.3) is 6.08 Å². The van der Waals surface area contributed by atoms with Crippen molar-refractivity contribution >= 4 is 51.7 Å². The summed E-state index contributed by atoms with van der Waals surface area (Å²) in [5.41, 5.74) is 10.5.